The van der Waals surface area contributed by atoms with E-state index in [1.807, 2.05) is 18.2 Å². The van der Waals surface area contributed by atoms with Crippen LogP contribution in [0.25, 0.3) is 0 Å². The Labute approximate surface area is 172 Å². The van der Waals surface area contributed by atoms with Crippen molar-refractivity contribution >= 4 is 46.6 Å². The van der Waals surface area contributed by atoms with Gasteiger partial charge in [-0.25, -0.2) is 15.0 Å². The molecule has 3 aromatic rings. The van der Waals surface area contributed by atoms with Gasteiger partial charge in [-0.3, -0.25) is 4.79 Å². The Kier molecular flexibility index (Phi) is 6.62. The van der Waals surface area contributed by atoms with Crippen molar-refractivity contribution in [3.63, 3.8) is 0 Å². The summed E-state index contributed by atoms with van der Waals surface area (Å²) in [4.78, 5) is 25.1. The third kappa shape index (κ3) is 5.55. The molecule has 28 heavy (non-hydrogen) atoms. The molecule has 7 nitrogen and oxygen atoms in total. The average molecular weight is 417 g/mol. The molecular weight excluding hydrogens is 399 g/mol. The van der Waals surface area contributed by atoms with Gasteiger partial charge in [0.25, 0.3) is 5.91 Å². The van der Waals surface area contributed by atoms with Crippen LogP contribution in [0.5, 0.6) is 0 Å². The van der Waals surface area contributed by atoms with E-state index in [0.717, 1.165) is 0 Å². The van der Waals surface area contributed by atoms with Crippen molar-refractivity contribution in [2.75, 3.05) is 23.7 Å². The minimum Gasteiger partial charge on any atom is -0.368 e. The van der Waals surface area contributed by atoms with Gasteiger partial charge >= 0.3 is 0 Å². The molecular formula is C19H18Cl2N6O. The second-order valence-electron chi connectivity index (χ2n) is 5.83. The number of anilines is 3. The number of pyridine rings is 1. The number of halogens is 2. The largest absolute Gasteiger partial charge is 0.368 e. The van der Waals surface area contributed by atoms with E-state index in [-0.39, 0.29) is 5.91 Å². The lowest BCUT2D eigenvalue weighted by Gasteiger charge is -2.11. The molecule has 3 N–H and O–H groups in total. The molecule has 0 saturated heterocycles. The smallest absolute Gasteiger partial charge is 0.252 e. The number of aromatic nitrogens is 3. The standard InChI is InChI=1S/C19H18Cl2N6O/c1-12-25-17(11-18(26-12)27-16-4-2-3-7-22-16)23-8-9-24-19(28)14-6-5-13(20)10-15(14)21/h2-7,10-11H,8-9H2,1H3,(H,24,28)(H2,22,23,25,26,27). The van der Waals surface area contributed by atoms with Gasteiger partial charge in [-0.15, -0.1) is 0 Å². The fraction of sp³-hybridized carbons (Fsp3) is 0.158. The van der Waals surface area contributed by atoms with Gasteiger partial charge in [0.05, 0.1) is 10.6 Å². The van der Waals surface area contributed by atoms with Gasteiger partial charge in [-0.05, 0) is 37.3 Å². The lowest BCUT2D eigenvalue weighted by atomic mass is 10.2. The van der Waals surface area contributed by atoms with Crippen LogP contribution in [0, 0.1) is 6.92 Å². The quantitative estimate of drug-likeness (QED) is 0.502. The Morgan fingerprint density at radius 3 is 2.57 bits per heavy atom. The first-order chi connectivity index (χ1) is 13.5. The van der Waals surface area contributed by atoms with Crippen molar-refractivity contribution in [3.05, 3.63) is 70.1 Å². The molecule has 144 valence electrons. The maximum absolute atomic E-state index is 12.2. The molecule has 0 spiro atoms. The zero-order valence-electron chi connectivity index (χ0n) is 15.0. The molecule has 0 aliphatic heterocycles. The maximum Gasteiger partial charge on any atom is 0.252 e. The van der Waals surface area contributed by atoms with Crippen molar-refractivity contribution in [1.82, 2.24) is 20.3 Å². The minimum atomic E-state index is -0.264. The Bertz CT molecular complexity index is 968. The van der Waals surface area contributed by atoms with E-state index in [0.29, 0.717) is 52.0 Å². The second-order valence-corrected chi connectivity index (χ2v) is 6.68. The van der Waals surface area contributed by atoms with Gasteiger partial charge in [0, 0.05) is 30.4 Å². The number of nitrogens with one attached hydrogen (secondary N) is 3. The molecule has 0 atom stereocenters. The number of benzene rings is 1. The number of nitrogens with zero attached hydrogens (tertiary/aromatic N) is 3. The number of aryl methyl sites for hydroxylation is 1. The predicted molar refractivity (Wildman–Crippen MR) is 112 cm³/mol. The van der Waals surface area contributed by atoms with E-state index in [1.54, 1.807) is 31.3 Å². The van der Waals surface area contributed by atoms with E-state index in [1.165, 1.54) is 6.07 Å². The Morgan fingerprint density at radius 1 is 1.00 bits per heavy atom. The molecule has 0 unspecified atom stereocenters. The highest BCUT2D eigenvalue weighted by molar-refractivity contribution is 6.36. The Morgan fingerprint density at radius 2 is 1.82 bits per heavy atom. The molecule has 3 rings (SSSR count). The van der Waals surface area contributed by atoms with Gasteiger partial charge in [-0.2, -0.15) is 0 Å². The van der Waals surface area contributed by atoms with Gasteiger partial charge in [-0.1, -0.05) is 29.3 Å². The molecule has 1 amide bonds. The van der Waals surface area contributed by atoms with Crippen molar-refractivity contribution in [2.24, 2.45) is 0 Å². The summed E-state index contributed by atoms with van der Waals surface area (Å²) in [6.07, 6.45) is 1.70. The highest BCUT2D eigenvalue weighted by atomic mass is 35.5. The van der Waals surface area contributed by atoms with Crippen molar-refractivity contribution in [1.29, 1.82) is 0 Å². The van der Waals surface area contributed by atoms with Crippen molar-refractivity contribution in [2.45, 2.75) is 6.92 Å². The highest BCUT2D eigenvalue weighted by Crippen LogP contribution is 2.20. The molecule has 0 fully saturated rings. The van der Waals surface area contributed by atoms with E-state index < -0.39 is 0 Å². The molecule has 1 aromatic carbocycles. The first-order valence-corrected chi connectivity index (χ1v) is 9.28. The zero-order valence-corrected chi connectivity index (χ0v) is 16.6. The van der Waals surface area contributed by atoms with Crippen LogP contribution in [-0.2, 0) is 0 Å². The lowest BCUT2D eigenvalue weighted by molar-refractivity contribution is 0.0955. The van der Waals surface area contributed by atoms with Crippen LogP contribution in [0.1, 0.15) is 16.2 Å². The van der Waals surface area contributed by atoms with Gasteiger partial charge < -0.3 is 16.0 Å². The summed E-state index contributed by atoms with van der Waals surface area (Å²) in [6.45, 7) is 2.68. The predicted octanol–water partition coefficient (Wildman–Crippen LogP) is 4.07. The van der Waals surface area contributed by atoms with Crippen LogP contribution in [0.3, 0.4) is 0 Å². The highest BCUT2D eigenvalue weighted by Gasteiger charge is 2.10. The number of rotatable bonds is 7. The zero-order chi connectivity index (χ0) is 19.9. The van der Waals surface area contributed by atoms with Crippen LogP contribution in [0.2, 0.25) is 10.0 Å². The number of hydrogen-bond donors (Lipinski definition) is 3. The van der Waals surface area contributed by atoms with Gasteiger partial charge in [0.15, 0.2) is 0 Å². The molecule has 0 aliphatic carbocycles. The average Bonchev–Trinajstić information content (AvgIpc) is 2.65. The third-order valence-corrected chi connectivity index (χ3v) is 4.20. The number of hydrogen-bond acceptors (Lipinski definition) is 6. The minimum absolute atomic E-state index is 0.264. The van der Waals surface area contributed by atoms with E-state index in [4.69, 9.17) is 23.2 Å². The monoisotopic (exact) mass is 416 g/mol. The molecule has 9 heteroatoms. The first kappa shape index (κ1) is 19.9. The second kappa shape index (κ2) is 9.34. The van der Waals surface area contributed by atoms with Crippen LogP contribution in [0.4, 0.5) is 17.5 Å². The first-order valence-electron chi connectivity index (χ1n) is 8.52. The topological polar surface area (TPSA) is 91.8 Å². The molecule has 0 bridgehead atoms. The molecule has 0 radical (unpaired) electrons. The van der Waals surface area contributed by atoms with Crippen molar-refractivity contribution in [3.8, 4) is 0 Å². The van der Waals surface area contributed by atoms with Gasteiger partial charge in [0.1, 0.15) is 23.3 Å². The summed E-state index contributed by atoms with van der Waals surface area (Å²) < 4.78 is 0. The third-order valence-electron chi connectivity index (χ3n) is 3.65. The van der Waals surface area contributed by atoms with E-state index in [2.05, 4.69) is 30.9 Å². The number of amides is 1. The molecule has 0 aliphatic rings. The van der Waals surface area contributed by atoms with Crippen LogP contribution in [-0.4, -0.2) is 33.9 Å². The summed E-state index contributed by atoms with van der Waals surface area (Å²) >= 11 is 11.9. The van der Waals surface area contributed by atoms with E-state index >= 15 is 0 Å². The van der Waals surface area contributed by atoms with Crippen LogP contribution in [0.15, 0.2) is 48.7 Å². The fourth-order valence-electron chi connectivity index (χ4n) is 2.43. The number of carbonyl (C=O) groups excluding carboxylic acids is 1. The van der Waals surface area contributed by atoms with Crippen LogP contribution >= 0.6 is 23.2 Å². The Balaban J connectivity index is 1.54. The summed E-state index contributed by atoms with van der Waals surface area (Å²) in [6, 6.07) is 12.1. The molecule has 2 heterocycles. The maximum atomic E-state index is 12.2. The summed E-state index contributed by atoms with van der Waals surface area (Å²) in [5.41, 5.74) is 0.380. The summed E-state index contributed by atoms with van der Waals surface area (Å²) in [7, 11) is 0. The van der Waals surface area contributed by atoms with Gasteiger partial charge in [0.2, 0.25) is 0 Å². The lowest BCUT2D eigenvalue weighted by Crippen LogP contribution is -2.29. The normalized spacial score (nSPS) is 10.4. The number of carbonyl (C=O) groups is 1. The molecule has 0 saturated carbocycles. The van der Waals surface area contributed by atoms with E-state index in [9.17, 15) is 4.79 Å². The molecule has 2 aromatic heterocycles. The Hall–Kier alpha value is -2.90. The summed E-state index contributed by atoms with van der Waals surface area (Å²) in [5, 5.41) is 9.89. The fourth-order valence-corrected chi connectivity index (χ4v) is 2.92. The van der Waals surface area contributed by atoms with Crippen molar-refractivity contribution < 1.29 is 4.79 Å². The SMILES string of the molecule is Cc1nc(NCCNC(=O)c2ccc(Cl)cc2Cl)cc(Nc2ccccn2)n1. The summed E-state index contributed by atoms with van der Waals surface area (Å²) in [5.74, 6) is 2.31. The van der Waals surface area contributed by atoms with Crippen LogP contribution < -0.4 is 16.0 Å².